The second-order valence-electron chi connectivity index (χ2n) is 3.72. The minimum atomic E-state index is 0.283. The van der Waals surface area contributed by atoms with Crippen LogP contribution in [0, 0.1) is 5.41 Å². The summed E-state index contributed by atoms with van der Waals surface area (Å²) >= 11 is 0. The zero-order valence-corrected chi connectivity index (χ0v) is 12.0. The lowest BCUT2D eigenvalue weighted by molar-refractivity contribution is 0.504. The van der Waals surface area contributed by atoms with E-state index in [-0.39, 0.29) is 5.41 Å². The minimum Gasteiger partial charge on any atom is -0.0991 e. The zero-order valence-electron chi connectivity index (χ0n) is 12.0. The van der Waals surface area contributed by atoms with Gasteiger partial charge < -0.3 is 0 Å². The fourth-order valence-electron chi connectivity index (χ4n) is 0.528. The summed E-state index contributed by atoms with van der Waals surface area (Å²) in [4.78, 5) is 0. The summed E-state index contributed by atoms with van der Waals surface area (Å²) < 4.78 is 0. The molecule has 0 aliphatic rings. The first-order valence-corrected chi connectivity index (χ1v) is 5.95. The molecule has 0 aromatic heterocycles. The first-order valence-electron chi connectivity index (χ1n) is 5.95. The largest absolute Gasteiger partial charge is 0.0991 e. The van der Waals surface area contributed by atoms with Crippen molar-refractivity contribution >= 4 is 0 Å². The maximum atomic E-state index is 3.60. The third-order valence-corrected chi connectivity index (χ3v) is 1.78. The number of allylic oxidation sites excluding steroid dienone is 5. The summed E-state index contributed by atoms with van der Waals surface area (Å²) in [6.45, 7) is 20.4. The van der Waals surface area contributed by atoms with Gasteiger partial charge in [-0.25, -0.2) is 0 Å². The summed E-state index contributed by atoms with van der Waals surface area (Å²) in [5.74, 6) is 0. The van der Waals surface area contributed by atoms with Crippen molar-refractivity contribution in [1.82, 2.24) is 0 Å². The second kappa shape index (κ2) is 13.2. The van der Waals surface area contributed by atoms with Crippen LogP contribution in [0.15, 0.2) is 36.5 Å². The Labute approximate surface area is 97.8 Å². The lowest BCUT2D eigenvalue weighted by Crippen LogP contribution is -2.05. The molecule has 15 heavy (non-hydrogen) atoms. The van der Waals surface area contributed by atoms with Crippen molar-refractivity contribution in [2.75, 3.05) is 0 Å². The van der Waals surface area contributed by atoms with Gasteiger partial charge in [0.15, 0.2) is 0 Å². The predicted molar refractivity (Wildman–Crippen MR) is 75.2 cm³/mol. The smallest absolute Gasteiger partial charge is 0.0173 e. The molecule has 0 aliphatic heterocycles. The summed E-state index contributed by atoms with van der Waals surface area (Å²) in [5.41, 5.74) is 1.67. The van der Waals surface area contributed by atoms with E-state index in [0.29, 0.717) is 0 Å². The van der Waals surface area contributed by atoms with Gasteiger partial charge in [0.2, 0.25) is 0 Å². The highest BCUT2D eigenvalue weighted by atomic mass is 14.2. The van der Waals surface area contributed by atoms with Crippen LogP contribution in [-0.4, -0.2) is 0 Å². The van der Waals surface area contributed by atoms with Gasteiger partial charge in [-0.1, -0.05) is 84.9 Å². The van der Waals surface area contributed by atoms with Crippen LogP contribution in [0.5, 0.6) is 0 Å². The Morgan fingerprint density at radius 3 is 1.60 bits per heavy atom. The monoisotopic (exact) mass is 210 g/mol. The Hall–Kier alpha value is -0.780. The lowest BCUT2D eigenvalue weighted by atomic mass is 9.87. The molecule has 0 heteroatoms. The number of hydrogen-bond donors (Lipinski definition) is 0. The molecule has 0 saturated carbocycles. The standard InChI is InChI=1S/C11H18.2C2H6/c1-6-7-8-9-10(2)11(3,4)5;2*1-2/h6-9H,1H2,2-5H3;2*1-2H3/b8-7-,10-9+;;. The molecule has 0 fully saturated rings. The molecule has 0 N–H and O–H groups in total. The summed E-state index contributed by atoms with van der Waals surface area (Å²) in [6.07, 6.45) is 7.87. The molecule has 0 aromatic carbocycles. The lowest BCUT2D eigenvalue weighted by Gasteiger charge is -2.18. The summed E-state index contributed by atoms with van der Waals surface area (Å²) in [6, 6.07) is 0. The number of rotatable bonds is 2. The van der Waals surface area contributed by atoms with Crippen LogP contribution in [0.1, 0.15) is 55.4 Å². The van der Waals surface area contributed by atoms with Crippen molar-refractivity contribution in [2.24, 2.45) is 5.41 Å². The minimum absolute atomic E-state index is 0.283. The van der Waals surface area contributed by atoms with E-state index < -0.39 is 0 Å². The van der Waals surface area contributed by atoms with Gasteiger partial charge in [0, 0.05) is 0 Å². The maximum absolute atomic E-state index is 3.60. The molecule has 90 valence electrons. The highest BCUT2D eigenvalue weighted by molar-refractivity contribution is 5.17. The molecule has 0 saturated heterocycles. The molecule has 0 heterocycles. The third kappa shape index (κ3) is 15.9. The molecule has 0 unspecified atom stereocenters. The van der Waals surface area contributed by atoms with E-state index in [0.717, 1.165) is 0 Å². The summed E-state index contributed by atoms with van der Waals surface area (Å²) in [5, 5.41) is 0. The van der Waals surface area contributed by atoms with Gasteiger partial charge >= 0.3 is 0 Å². The quantitative estimate of drug-likeness (QED) is 0.507. The van der Waals surface area contributed by atoms with Crippen LogP contribution in [0.4, 0.5) is 0 Å². The second-order valence-corrected chi connectivity index (χ2v) is 3.72. The average Bonchev–Trinajstić information content (AvgIpc) is 2.23. The zero-order chi connectivity index (χ0) is 12.9. The van der Waals surface area contributed by atoms with Crippen molar-refractivity contribution in [3.05, 3.63) is 36.5 Å². The van der Waals surface area contributed by atoms with Crippen LogP contribution in [0.3, 0.4) is 0 Å². The van der Waals surface area contributed by atoms with E-state index in [2.05, 4.69) is 40.3 Å². The summed E-state index contributed by atoms with van der Waals surface area (Å²) in [7, 11) is 0. The molecule has 0 atom stereocenters. The van der Waals surface area contributed by atoms with Crippen molar-refractivity contribution in [3.8, 4) is 0 Å². The Bertz CT molecular complexity index is 175. The molecule has 0 radical (unpaired) electrons. The normalized spacial score (nSPS) is 11.1. The molecule has 0 spiro atoms. The van der Waals surface area contributed by atoms with Crippen LogP contribution in [-0.2, 0) is 0 Å². The van der Waals surface area contributed by atoms with Gasteiger partial charge in [-0.05, 0) is 12.3 Å². The van der Waals surface area contributed by atoms with Crippen LogP contribution >= 0.6 is 0 Å². The molecule has 0 bridgehead atoms. The van der Waals surface area contributed by atoms with Gasteiger partial charge in [0.1, 0.15) is 0 Å². The van der Waals surface area contributed by atoms with Gasteiger partial charge in [-0.3, -0.25) is 0 Å². The van der Waals surface area contributed by atoms with Gasteiger partial charge in [-0.15, -0.1) is 0 Å². The van der Waals surface area contributed by atoms with E-state index in [1.54, 1.807) is 6.08 Å². The molecule has 0 nitrogen and oxygen atoms in total. The topological polar surface area (TPSA) is 0 Å². The molecule has 0 aromatic rings. The van der Waals surface area contributed by atoms with Crippen LogP contribution in [0.2, 0.25) is 0 Å². The van der Waals surface area contributed by atoms with E-state index in [4.69, 9.17) is 0 Å². The molecular weight excluding hydrogens is 180 g/mol. The van der Waals surface area contributed by atoms with Gasteiger partial charge in [-0.2, -0.15) is 0 Å². The van der Waals surface area contributed by atoms with E-state index >= 15 is 0 Å². The van der Waals surface area contributed by atoms with Gasteiger partial charge in [0.25, 0.3) is 0 Å². The first-order chi connectivity index (χ1) is 6.98. The Balaban J connectivity index is -0.000000318. The third-order valence-electron chi connectivity index (χ3n) is 1.78. The van der Waals surface area contributed by atoms with E-state index in [1.807, 2.05) is 39.8 Å². The number of hydrogen-bond acceptors (Lipinski definition) is 0. The SMILES string of the molecule is C=C/C=C\C=C(/C)C(C)(C)C.CC.CC. The average molecular weight is 210 g/mol. The fourth-order valence-corrected chi connectivity index (χ4v) is 0.528. The molecule has 0 rings (SSSR count). The van der Waals surface area contributed by atoms with Gasteiger partial charge in [0.05, 0.1) is 0 Å². The van der Waals surface area contributed by atoms with Crippen molar-refractivity contribution in [2.45, 2.75) is 55.4 Å². The molecule has 0 amide bonds. The van der Waals surface area contributed by atoms with E-state index in [1.165, 1.54) is 5.57 Å². The van der Waals surface area contributed by atoms with Crippen molar-refractivity contribution in [3.63, 3.8) is 0 Å². The predicted octanol–water partition coefficient (Wildman–Crippen LogP) is 5.77. The maximum Gasteiger partial charge on any atom is -0.0173 e. The highest BCUT2D eigenvalue weighted by Crippen LogP contribution is 2.23. The molecule has 0 aliphatic carbocycles. The Kier molecular flexibility index (Phi) is 17.4. The van der Waals surface area contributed by atoms with Crippen LogP contribution < -0.4 is 0 Å². The fraction of sp³-hybridized carbons (Fsp3) is 0.600. The van der Waals surface area contributed by atoms with Crippen molar-refractivity contribution in [1.29, 1.82) is 0 Å². The highest BCUT2D eigenvalue weighted by Gasteiger charge is 2.10. The van der Waals surface area contributed by atoms with E-state index in [9.17, 15) is 0 Å². The first kappa shape index (κ1) is 19.7. The Morgan fingerprint density at radius 2 is 1.33 bits per heavy atom. The molecular formula is C15H30. The van der Waals surface area contributed by atoms with Crippen molar-refractivity contribution < 1.29 is 0 Å². The van der Waals surface area contributed by atoms with Crippen LogP contribution in [0.25, 0.3) is 0 Å². The Morgan fingerprint density at radius 1 is 0.933 bits per heavy atom.